The lowest BCUT2D eigenvalue weighted by atomic mass is 10.2. The topological polar surface area (TPSA) is 92.5 Å². The summed E-state index contributed by atoms with van der Waals surface area (Å²) >= 11 is 0. The summed E-state index contributed by atoms with van der Waals surface area (Å²) in [5, 5.41) is 16.7. The highest BCUT2D eigenvalue weighted by Gasteiger charge is 2.14. The SMILES string of the molecule is CC(N)C(N)C(O)O. The van der Waals surface area contributed by atoms with Gasteiger partial charge in [-0.25, -0.2) is 0 Å². The predicted octanol–water partition coefficient (Wildman–Crippen LogP) is -2.03. The van der Waals surface area contributed by atoms with Gasteiger partial charge in [-0.05, 0) is 6.92 Å². The van der Waals surface area contributed by atoms with Gasteiger partial charge in [0.2, 0.25) is 0 Å². The molecule has 0 saturated heterocycles. The second kappa shape index (κ2) is 2.99. The minimum atomic E-state index is -1.50. The summed E-state index contributed by atoms with van der Waals surface area (Å²) in [5.41, 5.74) is 10.3. The number of aliphatic hydroxyl groups is 2. The van der Waals surface area contributed by atoms with E-state index in [0.29, 0.717) is 0 Å². The zero-order valence-electron chi connectivity index (χ0n) is 4.78. The molecule has 0 aliphatic rings. The molecule has 0 aliphatic carbocycles. The summed E-state index contributed by atoms with van der Waals surface area (Å²) in [6.45, 7) is 1.62. The van der Waals surface area contributed by atoms with Crippen molar-refractivity contribution in [3.63, 3.8) is 0 Å². The Labute approximate surface area is 48.1 Å². The Balaban J connectivity index is 3.46. The minimum absolute atomic E-state index is 0.380. The van der Waals surface area contributed by atoms with E-state index < -0.39 is 12.3 Å². The average Bonchev–Trinajstić information content (AvgIpc) is 1.64. The normalized spacial score (nSPS) is 18.8. The molecule has 0 saturated carbocycles. The number of aliphatic hydroxyl groups excluding tert-OH is 1. The quantitative estimate of drug-likeness (QED) is 0.316. The fourth-order valence-corrected chi connectivity index (χ4v) is 0.272. The van der Waals surface area contributed by atoms with Gasteiger partial charge >= 0.3 is 0 Å². The van der Waals surface area contributed by atoms with Crippen molar-refractivity contribution in [2.75, 3.05) is 0 Å². The Kier molecular flexibility index (Phi) is 2.93. The zero-order valence-corrected chi connectivity index (χ0v) is 4.78. The van der Waals surface area contributed by atoms with Crippen molar-refractivity contribution in [2.24, 2.45) is 11.5 Å². The smallest absolute Gasteiger partial charge is 0.168 e. The van der Waals surface area contributed by atoms with Crippen molar-refractivity contribution in [3.05, 3.63) is 0 Å². The van der Waals surface area contributed by atoms with Gasteiger partial charge in [-0.3, -0.25) is 0 Å². The Hall–Kier alpha value is -0.160. The summed E-state index contributed by atoms with van der Waals surface area (Å²) in [7, 11) is 0. The fraction of sp³-hybridized carbons (Fsp3) is 1.00. The molecule has 0 heterocycles. The van der Waals surface area contributed by atoms with Crippen LogP contribution in [-0.4, -0.2) is 28.6 Å². The van der Waals surface area contributed by atoms with Gasteiger partial charge in [-0.2, -0.15) is 0 Å². The molecule has 0 rings (SSSR count). The molecule has 0 amide bonds. The first-order valence-corrected chi connectivity index (χ1v) is 2.43. The maximum Gasteiger partial charge on any atom is 0.168 e. The number of hydrogen-bond acceptors (Lipinski definition) is 4. The highest BCUT2D eigenvalue weighted by Crippen LogP contribution is 1.88. The molecule has 2 atom stereocenters. The molecule has 0 aromatic heterocycles. The van der Waals surface area contributed by atoms with Crippen LogP contribution in [0.2, 0.25) is 0 Å². The van der Waals surface area contributed by atoms with Crippen LogP contribution in [-0.2, 0) is 0 Å². The lowest BCUT2D eigenvalue weighted by Gasteiger charge is -2.16. The van der Waals surface area contributed by atoms with E-state index in [4.69, 9.17) is 21.7 Å². The molecule has 0 aliphatic heterocycles. The largest absolute Gasteiger partial charge is 0.367 e. The lowest BCUT2D eigenvalue weighted by molar-refractivity contribution is -0.0618. The second-order valence-electron chi connectivity index (χ2n) is 1.85. The van der Waals surface area contributed by atoms with E-state index in [1.807, 2.05) is 0 Å². The van der Waals surface area contributed by atoms with Crippen LogP contribution >= 0.6 is 0 Å². The summed E-state index contributed by atoms with van der Waals surface area (Å²) in [5.74, 6) is 0. The highest BCUT2D eigenvalue weighted by molar-refractivity contribution is 4.72. The molecule has 50 valence electrons. The minimum Gasteiger partial charge on any atom is -0.367 e. The molecular formula is C4H12N2O2. The molecule has 0 spiro atoms. The van der Waals surface area contributed by atoms with Crippen molar-refractivity contribution in [1.82, 2.24) is 0 Å². The van der Waals surface area contributed by atoms with Gasteiger partial charge < -0.3 is 21.7 Å². The van der Waals surface area contributed by atoms with E-state index >= 15 is 0 Å². The Bertz CT molecular complexity index is 57.1. The molecule has 4 nitrogen and oxygen atoms in total. The first-order chi connectivity index (χ1) is 3.55. The first kappa shape index (κ1) is 7.84. The molecule has 0 aromatic rings. The van der Waals surface area contributed by atoms with Crippen LogP contribution in [0.3, 0.4) is 0 Å². The second-order valence-corrected chi connectivity index (χ2v) is 1.85. The van der Waals surface area contributed by atoms with E-state index in [-0.39, 0.29) is 6.04 Å². The first-order valence-electron chi connectivity index (χ1n) is 2.43. The van der Waals surface area contributed by atoms with Crippen molar-refractivity contribution in [2.45, 2.75) is 25.3 Å². The standard InChI is InChI=1S/C4H12N2O2/c1-2(5)3(6)4(7)8/h2-4,7-8H,5-6H2,1H3. The maximum atomic E-state index is 8.34. The summed E-state index contributed by atoms with van der Waals surface area (Å²) < 4.78 is 0. The van der Waals surface area contributed by atoms with E-state index in [0.717, 1.165) is 0 Å². The number of nitrogens with two attached hydrogens (primary N) is 2. The summed E-state index contributed by atoms with van der Waals surface area (Å²) in [6.07, 6.45) is -1.50. The fourth-order valence-electron chi connectivity index (χ4n) is 0.272. The van der Waals surface area contributed by atoms with E-state index in [9.17, 15) is 0 Å². The van der Waals surface area contributed by atoms with E-state index in [1.165, 1.54) is 0 Å². The van der Waals surface area contributed by atoms with Crippen molar-refractivity contribution >= 4 is 0 Å². The highest BCUT2D eigenvalue weighted by atomic mass is 16.5. The van der Waals surface area contributed by atoms with Gasteiger partial charge in [0.15, 0.2) is 6.29 Å². The monoisotopic (exact) mass is 120 g/mol. The summed E-state index contributed by atoms with van der Waals surface area (Å²) in [4.78, 5) is 0. The lowest BCUT2D eigenvalue weighted by Crippen LogP contribution is -2.47. The van der Waals surface area contributed by atoms with Gasteiger partial charge in [0.25, 0.3) is 0 Å². The van der Waals surface area contributed by atoms with Crippen LogP contribution in [0.5, 0.6) is 0 Å². The molecule has 4 heteroatoms. The molecule has 0 aromatic carbocycles. The van der Waals surface area contributed by atoms with Crippen molar-refractivity contribution < 1.29 is 10.2 Å². The number of hydrogen-bond donors (Lipinski definition) is 4. The third-order valence-corrected chi connectivity index (χ3v) is 0.951. The third kappa shape index (κ3) is 2.23. The number of rotatable bonds is 2. The summed E-state index contributed by atoms with van der Waals surface area (Å²) in [6, 6.07) is -1.12. The Morgan fingerprint density at radius 2 is 1.62 bits per heavy atom. The van der Waals surface area contributed by atoms with E-state index in [2.05, 4.69) is 0 Å². The molecule has 0 fully saturated rings. The van der Waals surface area contributed by atoms with Crippen LogP contribution in [0.1, 0.15) is 6.92 Å². The van der Waals surface area contributed by atoms with Gasteiger partial charge in [-0.15, -0.1) is 0 Å². The van der Waals surface area contributed by atoms with Gasteiger partial charge in [0, 0.05) is 6.04 Å². The van der Waals surface area contributed by atoms with Crippen LogP contribution < -0.4 is 11.5 Å². The van der Waals surface area contributed by atoms with Crippen LogP contribution in [0.15, 0.2) is 0 Å². The molecule has 0 bridgehead atoms. The van der Waals surface area contributed by atoms with Crippen LogP contribution in [0.4, 0.5) is 0 Å². The van der Waals surface area contributed by atoms with Crippen LogP contribution in [0.25, 0.3) is 0 Å². The third-order valence-electron chi connectivity index (χ3n) is 0.951. The van der Waals surface area contributed by atoms with Crippen LogP contribution in [0, 0.1) is 0 Å². The molecule has 0 radical (unpaired) electrons. The van der Waals surface area contributed by atoms with E-state index in [1.54, 1.807) is 6.92 Å². The van der Waals surface area contributed by atoms with Gasteiger partial charge in [-0.1, -0.05) is 0 Å². The van der Waals surface area contributed by atoms with Crippen molar-refractivity contribution in [3.8, 4) is 0 Å². The average molecular weight is 120 g/mol. The molecule has 6 N–H and O–H groups in total. The predicted molar refractivity (Wildman–Crippen MR) is 29.9 cm³/mol. The Morgan fingerprint density at radius 3 is 1.62 bits per heavy atom. The molecule has 2 unspecified atom stereocenters. The van der Waals surface area contributed by atoms with Gasteiger partial charge in [0.05, 0.1) is 6.04 Å². The van der Waals surface area contributed by atoms with Crippen molar-refractivity contribution in [1.29, 1.82) is 0 Å². The molecular weight excluding hydrogens is 108 g/mol. The maximum absolute atomic E-state index is 8.34. The molecule has 8 heavy (non-hydrogen) atoms. The Morgan fingerprint density at radius 1 is 1.25 bits per heavy atom. The van der Waals surface area contributed by atoms with Gasteiger partial charge in [0.1, 0.15) is 0 Å². The zero-order chi connectivity index (χ0) is 6.73.